The van der Waals surface area contributed by atoms with Gasteiger partial charge in [0.1, 0.15) is 12.2 Å². The van der Waals surface area contributed by atoms with Gasteiger partial charge < -0.3 is 14.6 Å². The number of aliphatic hydroxyl groups excluding tert-OH is 1. The van der Waals surface area contributed by atoms with E-state index in [0.717, 1.165) is 32.1 Å². The molecule has 0 saturated carbocycles. The number of cyclic esters (lactones) is 1. The third-order valence-electron chi connectivity index (χ3n) is 6.69. The standard InChI is InChI=1S/C23H34O5/c1-4-14(2)23(26)28-20-7-5-6-16-9-8-15(3)19(22(16)20)11-10-18-12-17(24)13-21(25)27-18/h6,8-9,14-15,17-20,22,24H,4-5,7,10-13H2,1-3H3/t14-,15+,17-,18?,19+,20-,22+/m1/s1. The molecule has 5 heteroatoms. The van der Waals surface area contributed by atoms with Crippen molar-refractivity contribution in [2.45, 2.75) is 84.0 Å². The number of esters is 2. The van der Waals surface area contributed by atoms with E-state index >= 15 is 0 Å². The zero-order chi connectivity index (χ0) is 20.3. The van der Waals surface area contributed by atoms with Gasteiger partial charge in [-0.05, 0) is 49.5 Å². The van der Waals surface area contributed by atoms with E-state index in [0.29, 0.717) is 18.3 Å². The Balaban J connectivity index is 1.70. The molecule has 156 valence electrons. The van der Waals surface area contributed by atoms with Crippen LogP contribution in [-0.4, -0.2) is 35.4 Å². The molecule has 0 amide bonds. The Labute approximate surface area is 168 Å². The zero-order valence-electron chi connectivity index (χ0n) is 17.3. The lowest BCUT2D eigenvalue weighted by atomic mass is 9.66. The molecule has 0 aromatic heterocycles. The van der Waals surface area contributed by atoms with Crippen molar-refractivity contribution in [1.82, 2.24) is 0 Å². The smallest absolute Gasteiger partial charge is 0.308 e. The molecule has 1 N–H and O–H groups in total. The summed E-state index contributed by atoms with van der Waals surface area (Å²) in [6.45, 7) is 6.14. The van der Waals surface area contributed by atoms with Crippen LogP contribution in [-0.2, 0) is 19.1 Å². The van der Waals surface area contributed by atoms with E-state index in [1.54, 1.807) is 0 Å². The maximum atomic E-state index is 12.4. The largest absolute Gasteiger partial charge is 0.462 e. The molecule has 2 aliphatic carbocycles. The summed E-state index contributed by atoms with van der Waals surface area (Å²) in [7, 11) is 0. The van der Waals surface area contributed by atoms with E-state index in [4.69, 9.17) is 9.47 Å². The van der Waals surface area contributed by atoms with Crippen molar-refractivity contribution in [3.05, 3.63) is 23.8 Å². The fraction of sp³-hybridized carbons (Fsp3) is 0.739. The van der Waals surface area contributed by atoms with Gasteiger partial charge in [0.25, 0.3) is 0 Å². The summed E-state index contributed by atoms with van der Waals surface area (Å²) >= 11 is 0. The fourth-order valence-corrected chi connectivity index (χ4v) is 4.80. The second-order valence-electron chi connectivity index (χ2n) is 8.76. The SMILES string of the molecule is CC[C@@H](C)C(=O)O[C@@H]1CCC=C2C=C[C@H](C)[C@H](CCC3C[C@@H](O)CC(=O)O3)[C@H]21. The first-order valence-corrected chi connectivity index (χ1v) is 10.8. The number of aliphatic hydroxyl groups is 1. The molecule has 7 atom stereocenters. The highest BCUT2D eigenvalue weighted by Crippen LogP contribution is 2.44. The molecule has 3 aliphatic rings. The quantitative estimate of drug-likeness (QED) is 0.695. The predicted octanol–water partition coefficient (Wildman–Crippen LogP) is 3.95. The molecule has 5 nitrogen and oxygen atoms in total. The molecule has 0 radical (unpaired) electrons. The number of carbonyl (C=O) groups is 2. The van der Waals surface area contributed by atoms with Crippen LogP contribution in [0.1, 0.15) is 65.7 Å². The summed E-state index contributed by atoms with van der Waals surface area (Å²) in [5.74, 6) is 0.426. The minimum absolute atomic E-state index is 0.0764. The number of rotatable bonds is 6. The summed E-state index contributed by atoms with van der Waals surface area (Å²) in [6.07, 6.45) is 10.6. The van der Waals surface area contributed by atoms with E-state index in [9.17, 15) is 14.7 Å². The van der Waals surface area contributed by atoms with Crippen LogP contribution in [0.25, 0.3) is 0 Å². The number of hydrogen-bond acceptors (Lipinski definition) is 5. The molecule has 0 bridgehead atoms. The number of allylic oxidation sites excluding steroid dienone is 3. The molecule has 1 heterocycles. The highest BCUT2D eigenvalue weighted by molar-refractivity contribution is 5.72. The summed E-state index contributed by atoms with van der Waals surface area (Å²) in [4.78, 5) is 24.1. The van der Waals surface area contributed by atoms with Gasteiger partial charge in [0.15, 0.2) is 0 Å². The van der Waals surface area contributed by atoms with Crippen molar-refractivity contribution in [1.29, 1.82) is 0 Å². The van der Waals surface area contributed by atoms with Crippen molar-refractivity contribution in [3.63, 3.8) is 0 Å². The molecule has 0 aromatic carbocycles. The van der Waals surface area contributed by atoms with Crippen LogP contribution in [0.4, 0.5) is 0 Å². The number of hydrogen-bond donors (Lipinski definition) is 1. The van der Waals surface area contributed by atoms with Crippen LogP contribution in [0.15, 0.2) is 23.8 Å². The summed E-state index contributed by atoms with van der Waals surface area (Å²) < 4.78 is 11.4. The zero-order valence-corrected chi connectivity index (χ0v) is 17.3. The van der Waals surface area contributed by atoms with E-state index in [1.165, 1.54) is 5.57 Å². The first kappa shape index (κ1) is 21.1. The molecular formula is C23H34O5. The van der Waals surface area contributed by atoms with Gasteiger partial charge >= 0.3 is 11.9 Å². The van der Waals surface area contributed by atoms with Crippen molar-refractivity contribution in [3.8, 4) is 0 Å². The minimum Gasteiger partial charge on any atom is -0.462 e. The Hall–Kier alpha value is -1.62. The van der Waals surface area contributed by atoms with Gasteiger partial charge in [-0.3, -0.25) is 9.59 Å². The number of ether oxygens (including phenoxy) is 2. The second-order valence-corrected chi connectivity index (χ2v) is 8.76. The fourth-order valence-electron chi connectivity index (χ4n) is 4.80. The topological polar surface area (TPSA) is 72.8 Å². The van der Waals surface area contributed by atoms with E-state index in [1.807, 2.05) is 13.8 Å². The third-order valence-corrected chi connectivity index (χ3v) is 6.69. The van der Waals surface area contributed by atoms with Crippen molar-refractivity contribution >= 4 is 11.9 Å². The second kappa shape index (κ2) is 9.25. The molecule has 28 heavy (non-hydrogen) atoms. The average molecular weight is 391 g/mol. The summed E-state index contributed by atoms with van der Waals surface area (Å²) in [5.41, 5.74) is 1.27. The van der Waals surface area contributed by atoms with Crippen LogP contribution in [0.2, 0.25) is 0 Å². The minimum atomic E-state index is -0.593. The lowest BCUT2D eigenvalue weighted by Gasteiger charge is -2.42. The highest BCUT2D eigenvalue weighted by atomic mass is 16.5. The Kier molecular flexibility index (Phi) is 6.97. The Bertz CT molecular complexity index is 637. The van der Waals surface area contributed by atoms with Crippen molar-refractivity contribution in [2.75, 3.05) is 0 Å². The normalized spacial score (nSPS) is 36.1. The number of carbonyl (C=O) groups excluding carboxylic acids is 2. The van der Waals surface area contributed by atoms with Gasteiger partial charge in [-0.25, -0.2) is 0 Å². The van der Waals surface area contributed by atoms with Crippen molar-refractivity contribution < 1.29 is 24.2 Å². The first-order valence-electron chi connectivity index (χ1n) is 10.8. The first-order chi connectivity index (χ1) is 13.4. The van der Waals surface area contributed by atoms with Gasteiger partial charge in [0, 0.05) is 12.3 Å². The molecule has 0 spiro atoms. The van der Waals surface area contributed by atoms with Gasteiger partial charge in [-0.1, -0.05) is 39.0 Å². The average Bonchev–Trinajstić information content (AvgIpc) is 2.66. The van der Waals surface area contributed by atoms with Crippen LogP contribution in [0.3, 0.4) is 0 Å². The maximum Gasteiger partial charge on any atom is 0.308 e. The van der Waals surface area contributed by atoms with E-state index < -0.39 is 6.10 Å². The van der Waals surface area contributed by atoms with Crippen molar-refractivity contribution in [2.24, 2.45) is 23.7 Å². The van der Waals surface area contributed by atoms with Crippen LogP contribution < -0.4 is 0 Å². The molecule has 1 fully saturated rings. The van der Waals surface area contributed by atoms with Crippen LogP contribution in [0, 0.1) is 23.7 Å². The maximum absolute atomic E-state index is 12.4. The molecule has 1 aliphatic heterocycles. The molecule has 0 aromatic rings. The Morgan fingerprint density at radius 3 is 2.89 bits per heavy atom. The molecule has 1 unspecified atom stereocenters. The van der Waals surface area contributed by atoms with Gasteiger partial charge in [0.2, 0.25) is 0 Å². The van der Waals surface area contributed by atoms with Gasteiger partial charge in [0.05, 0.1) is 18.4 Å². The lowest BCUT2D eigenvalue weighted by molar-refractivity contribution is -0.162. The lowest BCUT2D eigenvalue weighted by Crippen LogP contribution is -2.40. The number of fused-ring (bicyclic) bond motifs is 1. The highest BCUT2D eigenvalue weighted by Gasteiger charge is 2.40. The summed E-state index contributed by atoms with van der Waals surface area (Å²) in [6, 6.07) is 0. The molecular weight excluding hydrogens is 356 g/mol. The van der Waals surface area contributed by atoms with Crippen LogP contribution >= 0.6 is 0 Å². The predicted molar refractivity (Wildman–Crippen MR) is 106 cm³/mol. The molecule has 3 rings (SSSR count). The van der Waals surface area contributed by atoms with Crippen LogP contribution in [0.5, 0.6) is 0 Å². The Morgan fingerprint density at radius 2 is 2.18 bits per heavy atom. The monoisotopic (exact) mass is 390 g/mol. The van der Waals surface area contributed by atoms with E-state index in [2.05, 4.69) is 25.2 Å². The summed E-state index contributed by atoms with van der Waals surface area (Å²) in [5, 5.41) is 9.86. The van der Waals surface area contributed by atoms with Gasteiger partial charge in [-0.15, -0.1) is 0 Å². The van der Waals surface area contributed by atoms with Gasteiger partial charge in [-0.2, -0.15) is 0 Å². The Morgan fingerprint density at radius 1 is 1.39 bits per heavy atom. The third kappa shape index (κ3) is 4.86. The van der Waals surface area contributed by atoms with E-state index in [-0.39, 0.29) is 42.4 Å². The molecule has 1 saturated heterocycles.